The fraction of sp³-hybridized carbons (Fsp3) is 0.0769. The number of halogens is 1. The van der Waals surface area contributed by atoms with Gasteiger partial charge in [0.15, 0.2) is 0 Å². The average molecular weight is 571 g/mol. The van der Waals surface area contributed by atoms with Crippen molar-refractivity contribution in [2.75, 3.05) is 20.9 Å². The summed E-state index contributed by atoms with van der Waals surface area (Å²) in [5.74, 6) is -0.459. The van der Waals surface area contributed by atoms with Crippen LogP contribution in [-0.2, 0) is 24.8 Å². The second-order valence-corrected chi connectivity index (χ2v) is 12.2. The van der Waals surface area contributed by atoms with Crippen molar-refractivity contribution in [1.82, 2.24) is 4.98 Å². The Labute approximate surface area is 226 Å². The lowest BCUT2D eigenvalue weighted by atomic mass is 10.2. The number of sulfonamides is 2. The van der Waals surface area contributed by atoms with Gasteiger partial charge >= 0.3 is 0 Å². The Balaban J connectivity index is 1.53. The van der Waals surface area contributed by atoms with E-state index in [0.29, 0.717) is 5.02 Å². The number of hydrogen-bond acceptors (Lipinski definition) is 6. The maximum absolute atomic E-state index is 13.5. The summed E-state index contributed by atoms with van der Waals surface area (Å²) in [4.78, 5) is 16.9. The molecule has 0 spiro atoms. The van der Waals surface area contributed by atoms with Crippen LogP contribution in [0.4, 0.5) is 17.2 Å². The van der Waals surface area contributed by atoms with Crippen LogP contribution in [0.3, 0.4) is 0 Å². The number of pyridine rings is 1. The van der Waals surface area contributed by atoms with Crippen molar-refractivity contribution in [3.8, 4) is 0 Å². The summed E-state index contributed by atoms with van der Waals surface area (Å²) in [5.41, 5.74) is 1.43. The van der Waals surface area contributed by atoms with Gasteiger partial charge < -0.3 is 5.32 Å². The highest BCUT2D eigenvalue weighted by Gasteiger charge is 2.27. The first-order valence-electron chi connectivity index (χ1n) is 11.2. The van der Waals surface area contributed by atoms with Crippen LogP contribution in [0.1, 0.15) is 5.56 Å². The number of amides is 1. The maximum atomic E-state index is 13.5. The van der Waals surface area contributed by atoms with Gasteiger partial charge in [-0.3, -0.25) is 13.8 Å². The van der Waals surface area contributed by atoms with Gasteiger partial charge in [0.1, 0.15) is 12.4 Å². The van der Waals surface area contributed by atoms with Crippen molar-refractivity contribution >= 4 is 54.7 Å². The lowest BCUT2D eigenvalue weighted by Gasteiger charge is -2.24. The average Bonchev–Trinajstić information content (AvgIpc) is 2.89. The van der Waals surface area contributed by atoms with Gasteiger partial charge in [-0.2, -0.15) is 0 Å². The number of nitrogens with one attached hydrogen (secondary N) is 2. The third kappa shape index (κ3) is 6.49. The second kappa shape index (κ2) is 11.2. The summed E-state index contributed by atoms with van der Waals surface area (Å²) in [6.45, 7) is 1.31. The smallest absolute Gasteiger partial charge is 0.264 e. The molecule has 3 aromatic carbocycles. The summed E-state index contributed by atoms with van der Waals surface area (Å²) >= 11 is 5.97. The van der Waals surface area contributed by atoms with Crippen LogP contribution in [0.15, 0.2) is 107 Å². The molecule has 1 amide bonds. The molecule has 4 rings (SSSR count). The Morgan fingerprint density at radius 3 is 2.08 bits per heavy atom. The molecular weight excluding hydrogens is 548 g/mol. The summed E-state index contributed by atoms with van der Waals surface area (Å²) in [6, 6.07) is 22.7. The first kappa shape index (κ1) is 27.1. The monoisotopic (exact) mass is 570 g/mol. The van der Waals surface area contributed by atoms with Crippen LogP contribution in [-0.4, -0.2) is 34.3 Å². The second-order valence-electron chi connectivity index (χ2n) is 8.19. The number of hydrogen-bond donors (Lipinski definition) is 2. The number of carbonyl (C=O) groups is 1. The molecule has 12 heteroatoms. The molecule has 0 atom stereocenters. The van der Waals surface area contributed by atoms with E-state index < -0.39 is 32.5 Å². The van der Waals surface area contributed by atoms with E-state index in [1.165, 1.54) is 72.9 Å². The SMILES string of the molecule is Cc1ccc(S(=O)(=O)N(CC(=O)Nc2ccc(S(=O)(=O)Nc3ccccn3)cc2)c2ccc(Cl)cc2)cc1. The van der Waals surface area contributed by atoms with Crippen molar-refractivity contribution in [2.45, 2.75) is 16.7 Å². The van der Waals surface area contributed by atoms with Crippen molar-refractivity contribution in [2.24, 2.45) is 0 Å². The van der Waals surface area contributed by atoms with Gasteiger partial charge in [-0.05, 0) is 79.7 Å². The summed E-state index contributed by atoms with van der Waals surface area (Å²) in [5, 5.41) is 3.03. The Morgan fingerprint density at radius 1 is 0.842 bits per heavy atom. The van der Waals surface area contributed by atoms with Gasteiger partial charge in [-0.25, -0.2) is 21.8 Å². The number of carbonyl (C=O) groups excluding carboxylic acids is 1. The predicted molar refractivity (Wildman–Crippen MR) is 147 cm³/mol. The lowest BCUT2D eigenvalue weighted by molar-refractivity contribution is -0.114. The maximum Gasteiger partial charge on any atom is 0.264 e. The summed E-state index contributed by atoms with van der Waals surface area (Å²) in [6.07, 6.45) is 1.46. The zero-order valence-corrected chi connectivity index (χ0v) is 22.5. The third-order valence-electron chi connectivity index (χ3n) is 5.36. The van der Waals surface area contributed by atoms with E-state index >= 15 is 0 Å². The standard InChI is InChI=1S/C26H23ClN4O5S2/c1-19-5-13-24(14-6-19)38(35,36)31(22-11-7-20(27)8-12-22)18-26(32)29-21-9-15-23(16-10-21)37(33,34)30-25-4-2-3-17-28-25/h2-17H,18H2,1H3,(H,28,30)(H,29,32). The van der Waals surface area contributed by atoms with Gasteiger partial charge in [0.25, 0.3) is 20.0 Å². The van der Waals surface area contributed by atoms with Gasteiger partial charge in [0.05, 0.1) is 15.5 Å². The molecule has 1 aromatic heterocycles. The van der Waals surface area contributed by atoms with E-state index in [9.17, 15) is 21.6 Å². The molecule has 0 saturated heterocycles. The van der Waals surface area contributed by atoms with Crippen molar-refractivity contribution in [3.63, 3.8) is 0 Å². The highest BCUT2D eigenvalue weighted by molar-refractivity contribution is 7.93. The highest BCUT2D eigenvalue weighted by atomic mass is 35.5. The summed E-state index contributed by atoms with van der Waals surface area (Å²) < 4.78 is 55.5. The molecule has 38 heavy (non-hydrogen) atoms. The van der Waals surface area contributed by atoms with Gasteiger partial charge in [0.2, 0.25) is 5.91 Å². The molecule has 0 unspecified atom stereocenters. The Kier molecular flexibility index (Phi) is 8.00. The quantitative estimate of drug-likeness (QED) is 0.301. The van der Waals surface area contributed by atoms with Crippen LogP contribution >= 0.6 is 11.6 Å². The lowest BCUT2D eigenvalue weighted by Crippen LogP contribution is -2.38. The van der Waals surface area contributed by atoms with Gasteiger partial charge in [-0.15, -0.1) is 0 Å². The zero-order chi connectivity index (χ0) is 27.3. The number of benzene rings is 3. The van der Waals surface area contributed by atoms with E-state index in [-0.39, 0.29) is 27.0 Å². The van der Waals surface area contributed by atoms with Crippen LogP contribution < -0.4 is 14.3 Å². The minimum absolute atomic E-state index is 0.0285. The molecule has 0 saturated carbocycles. The predicted octanol–water partition coefficient (Wildman–Crippen LogP) is 4.68. The number of aromatic nitrogens is 1. The van der Waals surface area contributed by atoms with E-state index in [1.807, 2.05) is 6.92 Å². The van der Waals surface area contributed by atoms with Crippen LogP contribution in [0, 0.1) is 6.92 Å². The molecule has 0 fully saturated rings. The Morgan fingerprint density at radius 2 is 1.47 bits per heavy atom. The van der Waals surface area contributed by atoms with Crippen LogP contribution in [0.5, 0.6) is 0 Å². The zero-order valence-electron chi connectivity index (χ0n) is 20.1. The molecule has 1 heterocycles. The first-order valence-corrected chi connectivity index (χ1v) is 14.5. The first-order chi connectivity index (χ1) is 18.0. The topological polar surface area (TPSA) is 126 Å². The molecule has 4 aromatic rings. The molecular formula is C26H23ClN4O5S2. The van der Waals surface area contributed by atoms with Crippen LogP contribution in [0.2, 0.25) is 5.02 Å². The van der Waals surface area contributed by atoms with Crippen molar-refractivity contribution < 1.29 is 21.6 Å². The highest BCUT2D eigenvalue weighted by Crippen LogP contribution is 2.26. The van der Waals surface area contributed by atoms with E-state index in [4.69, 9.17) is 11.6 Å². The number of aryl methyl sites for hydroxylation is 1. The van der Waals surface area contributed by atoms with Crippen molar-refractivity contribution in [1.29, 1.82) is 0 Å². The van der Waals surface area contributed by atoms with E-state index in [1.54, 1.807) is 24.3 Å². The van der Waals surface area contributed by atoms with Crippen LogP contribution in [0.25, 0.3) is 0 Å². The Bertz CT molecular complexity index is 1630. The number of nitrogens with zero attached hydrogens (tertiary/aromatic N) is 2. The Hall–Kier alpha value is -3.93. The van der Waals surface area contributed by atoms with Crippen molar-refractivity contribution in [3.05, 3.63) is 108 Å². The van der Waals surface area contributed by atoms with E-state index in [2.05, 4.69) is 15.0 Å². The largest absolute Gasteiger partial charge is 0.325 e. The molecule has 0 aliphatic carbocycles. The molecule has 2 N–H and O–H groups in total. The minimum atomic E-state index is -4.09. The third-order valence-corrected chi connectivity index (χ3v) is 8.77. The fourth-order valence-corrected chi connectivity index (χ4v) is 5.98. The van der Waals surface area contributed by atoms with E-state index in [0.717, 1.165) is 9.87 Å². The van der Waals surface area contributed by atoms with Gasteiger partial charge in [0, 0.05) is 16.9 Å². The molecule has 9 nitrogen and oxygen atoms in total. The minimum Gasteiger partial charge on any atom is -0.325 e. The number of anilines is 3. The van der Waals surface area contributed by atoms with Gasteiger partial charge in [-0.1, -0.05) is 35.4 Å². The molecule has 0 aliphatic heterocycles. The summed E-state index contributed by atoms with van der Waals surface area (Å²) in [7, 11) is -7.98. The normalized spacial score (nSPS) is 11.5. The molecule has 0 aliphatic rings. The molecule has 0 radical (unpaired) electrons. The molecule has 196 valence electrons. The fourth-order valence-electron chi connectivity index (χ4n) is 3.43. The molecule has 0 bridgehead atoms. The number of rotatable bonds is 9.